The number of anilines is 1. The summed E-state index contributed by atoms with van der Waals surface area (Å²) in [5, 5.41) is 2.29. The minimum Gasteiger partial charge on any atom is -0.359 e. The highest BCUT2D eigenvalue weighted by atomic mass is 79.9. The Morgan fingerprint density at radius 1 is 1.47 bits per heavy atom. The number of hydrogen-bond acceptors (Lipinski definition) is 2. The first kappa shape index (κ1) is 12.3. The van der Waals surface area contributed by atoms with Crippen LogP contribution in [-0.4, -0.2) is 17.2 Å². The van der Waals surface area contributed by atoms with Crippen molar-refractivity contribution in [2.24, 2.45) is 0 Å². The van der Waals surface area contributed by atoms with Gasteiger partial charge in [0.15, 0.2) is 0 Å². The molecule has 0 fully saturated rings. The average Bonchev–Trinajstić information content (AvgIpc) is 2.10. The topological polar surface area (TPSA) is 24.9 Å². The minimum atomic E-state index is -4.26. The smallest absolute Gasteiger partial charge is 0.359 e. The van der Waals surface area contributed by atoms with E-state index in [1.165, 1.54) is 6.20 Å². The third-order valence-electron chi connectivity index (χ3n) is 1.90. The Hall–Kier alpha value is -0.780. The van der Waals surface area contributed by atoms with Crippen LogP contribution < -0.4 is 5.32 Å². The SMILES string of the molecule is Cc1cc(NC(C)C(F)(F)F)ncc1Br. The molecular weight excluding hydrogens is 273 g/mol. The van der Waals surface area contributed by atoms with E-state index in [0.29, 0.717) is 0 Å². The summed E-state index contributed by atoms with van der Waals surface area (Å²) in [4.78, 5) is 3.83. The lowest BCUT2D eigenvalue weighted by molar-refractivity contribution is -0.138. The molecule has 1 aromatic heterocycles. The van der Waals surface area contributed by atoms with E-state index in [9.17, 15) is 13.2 Å². The van der Waals surface area contributed by atoms with E-state index in [4.69, 9.17) is 0 Å². The van der Waals surface area contributed by atoms with Crippen molar-refractivity contribution in [3.05, 3.63) is 22.3 Å². The zero-order valence-electron chi connectivity index (χ0n) is 8.19. The molecule has 1 aromatic rings. The first-order chi connectivity index (χ1) is 6.80. The molecular formula is C9H10BrF3N2. The number of aryl methyl sites for hydroxylation is 1. The zero-order chi connectivity index (χ0) is 11.6. The molecule has 15 heavy (non-hydrogen) atoms. The van der Waals surface area contributed by atoms with Crippen molar-refractivity contribution in [2.45, 2.75) is 26.1 Å². The largest absolute Gasteiger partial charge is 0.408 e. The second-order valence-electron chi connectivity index (χ2n) is 3.23. The molecule has 1 unspecified atom stereocenters. The average molecular weight is 283 g/mol. The Balaban J connectivity index is 2.78. The fourth-order valence-electron chi connectivity index (χ4n) is 0.922. The quantitative estimate of drug-likeness (QED) is 0.898. The Labute approximate surface area is 94.0 Å². The highest BCUT2D eigenvalue weighted by molar-refractivity contribution is 9.10. The molecule has 0 saturated heterocycles. The first-order valence-electron chi connectivity index (χ1n) is 4.26. The molecule has 1 heterocycles. The van der Waals surface area contributed by atoms with Gasteiger partial charge in [0.1, 0.15) is 11.9 Å². The lowest BCUT2D eigenvalue weighted by atomic mass is 10.2. The van der Waals surface area contributed by atoms with Crippen molar-refractivity contribution in [2.75, 3.05) is 5.32 Å². The van der Waals surface area contributed by atoms with Crippen LogP contribution in [0.2, 0.25) is 0 Å². The van der Waals surface area contributed by atoms with E-state index >= 15 is 0 Å². The van der Waals surface area contributed by atoms with Gasteiger partial charge in [-0.15, -0.1) is 0 Å². The van der Waals surface area contributed by atoms with Crippen LogP contribution in [0.1, 0.15) is 12.5 Å². The molecule has 84 valence electrons. The number of hydrogen-bond donors (Lipinski definition) is 1. The van der Waals surface area contributed by atoms with Gasteiger partial charge in [-0.2, -0.15) is 13.2 Å². The molecule has 0 aliphatic carbocycles. The minimum absolute atomic E-state index is 0.223. The summed E-state index contributed by atoms with van der Waals surface area (Å²) >= 11 is 3.22. The fraction of sp³-hybridized carbons (Fsp3) is 0.444. The highest BCUT2D eigenvalue weighted by Gasteiger charge is 2.36. The maximum Gasteiger partial charge on any atom is 0.408 e. The van der Waals surface area contributed by atoms with Crippen LogP contribution in [-0.2, 0) is 0 Å². The van der Waals surface area contributed by atoms with Crippen molar-refractivity contribution in [3.8, 4) is 0 Å². The Morgan fingerprint density at radius 3 is 2.53 bits per heavy atom. The molecule has 0 aromatic carbocycles. The van der Waals surface area contributed by atoms with Gasteiger partial charge in [-0.1, -0.05) is 0 Å². The summed E-state index contributed by atoms with van der Waals surface area (Å²) in [5.41, 5.74) is 0.835. The maximum absolute atomic E-state index is 12.2. The van der Waals surface area contributed by atoms with Crippen molar-refractivity contribution in [3.63, 3.8) is 0 Å². The first-order valence-corrected chi connectivity index (χ1v) is 5.05. The number of nitrogens with one attached hydrogen (secondary N) is 1. The van der Waals surface area contributed by atoms with E-state index in [1.807, 2.05) is 0 Å². The third kappa shape index (κ3) is 3.37. The monoisotopic (exact) mass is 282 g/mol. The Kier molecular flexibility index (Phi) is 3.59. The number of aromatic nitrogens is 1. The van der Waals surface area contributed by atoms with Crippen molar-refractivity contribution in [1.29, 1.82) is 0 Å². The van der Waals surface area contributed by atoms with Crippen LogP contribution >= 0.6 is 15.9 Å². The lowest BCUT2D eigenvalue weighted by Gasteiger charge is -2.17. The van der Waals surface area contributed by atoms with E-state index in [0.717, 1.165) is 17.0 Å². The molecule has 0 aliphatic rings. The van der Waals surface area contributed by atoms with Gasteiger partial charge < -0.3 is 5.32 Å². The highest BCUT2D eigenvalue weighted by Crippen LogP contribution is 2.24. The predicted octanol–water partition coefficient (Wildman–Crippen LogP) is 3.52. The lowest BCUT2D eigenvalue weighted by Crippen LogP contribution is -2.33. The van der Waals surface area contributed by atoms with Crippen LogP contribution in [0, 0.1) is 6.92 Å². The number of halogens is 4. The van der Waals surface area contributed by atoms with Crippen LogP contribution in [0.25, 0.3) is 0 Å². The molecule has 0 bridgehead atoms. The number of rotatable bonds is 2. The van der Waals surface area contributed by atoms with E-state index in [-0.39, 0.29) is 5.82 Å². The molecule has 1 N–H and O–H groups in total. The van der Waals surface area contributed by atoms with Gasteiger partial charge in [0.05, 0.1) is 0 Å². The van der Waals surface area contributed by atoms with Crippen LogP contribution in [0.3, 0.4) is 0 Å². The van der Waals surface area contributed by atoms with Crippen molar-refractivity contribution < 1.29 is 13.2 Å². The molecule has 0 spiro atoms. The van der Waals surface area contributed by atoms with Gasteiger partial charge in [0.2, 0.25) is 0 Å². The van der Waals surface area contributed by atoms with Crippen LogP contribution in [0.5, 0.6) is 0 Å². The van der Waals surface area contributed by atoms with Crippen molar-refractivity contribution in [1.82, 2.24) is 4.98 Å². The van der Waals surface area contributed by atoms with E-state index < -0.39 is 12.2 Å². The van der Waals surface area contributed by atoms with E-state index in [2.05, 4.69) is 26.2 Å². The Morgan fingerprint density at radius 2 is 2.07 bits per heavy atom. The standard InChI is InChI=1S/C9H10BrF3N2/c1-5-3-8(14-4-7(5)10)15-6(2)9(11,12)13/h3-4,6H,1-2H3,(H,14,15). The third-order valence-corrected chi connectivity index (χ3v) is 2.73. The molecule has 0 radical (unpaired) electrons. The van der Waals surface area contributed by atoms with Gasteiger partial charge in [0.25, 0.3) is 0 Å². The summed E-state index contributed by atoms with van der Waals surface area (Å²) in [6.45, 7) is 2.84. The van der Waals surface area contributed by atoms with Gasteiger partial charge in [-0.3, -0.25) is 0 Å². The van der Waals surface area contributed by atoms with Crippen LogP contribution in [0.4, 0.5) is 19.0 Å². The maximum atomic E-state index is 12.2. The number of nitrogens with zero attached hydrogens (tertiary/aromatic N) is 1. The zero-order valence-corrected chi connectivity index (χ0v) is 9.78. The summed E-state index contributed by atoms with van der Waals surface area (Å²) in [7, 11) is 0. The predicted molar refractivity (Wildman–Crippen MR) is 55.8 cm³/mol. The van der Waals surface area contributed by atoms with Gasteiger partial charge >= 0.3 is 6.18 Å². The van der Waals surface area contributed by atoms with Gasteiger partial charge in [-0.25, -0.2) is 4.98 Å². The van der Waals surface area contributed by atoms with Gasteiger partial charge in [-0.05, 0) is 41.4 Å². The Bertz CT molecular complexity index is 352. The summed E-state index contributed by atoms with van der Waals surface area (Å²) in [6, 6.07) is -0.0441. The molecule has 6 heteroatoms. The number of pyridine rings is 1. The molecule has 0 amide bonds. The molecule has 1 rings (SSSR count). The van der Waals surface area contributed by atoms with E-state index in [1.54, 1.807) is 13.0 Å². The molecule has 0 aliphatic heterocycles. The van der Waals surface area contributed by atoms with Crippen LogP contribution in [0.15, 0.2) is 16.7 Å². The number of alkyl halides is 3. The second kappa shape index (κ2) is 4.38. The molecule has 1 atom stereocenters. The normalized spacial score (nSPS) is 13.7. The summed E-state index contributed by atoms with van der Waals surface area (Å²) < 4.78 is 37.4. The van der Waals surface area contributed by atoms with Crippen molar-refractivity contribution >= 4 is 21.7 Å². The molecule has 2 nitrogen and oxygen atoms in total. The van der Waals surface area contributed by atoms with Gasteiger partial charge in [0, 0.05) is 10.7 Å². The fourth-order valence-corrected chi connectivity index (χ4v) is 1.14. The summed E-state index contributed by atoms with van der Waals surface area (Å²) in [5.74, 6) is 0.223. The second-order valence-corrected chi connectivity index (χ2v) is 4.08. The molecule has 0 saturated carbocycles. The summed E-state index contributed by atoms with van der Waals surface area (Å²) in [6.07, 6.45) is -2.79.